The van der Waals surface area contributed by atoms with Crippen LogP contribution < -0.4 is 0 Å². The van der Waals surface area contributed by atoms with Crippen molar-refractivity contribution in [2.75, 3.05) is 26.7 Å². The van der Waals surface area contributed by atoms with Gasteiger partial charge in [-0.3, -0.25) is 0 Å². The van der Waals surface area contributed by atoms with Crippen molar-refractivity contribution < 1.29 is 26.0 Å². The monoisotopic (exact) mass is 301 g/mol. The molecule has 0 unspecified atom stereocenters. The summed E-state index contributed by atoms with van der Waals surface area (Å²) in [7, 11) is 1.87. The Balaban J connectivity index is 0.000000325. The Kier molecular flexibility index (Phi) is 12.7. The van der Waals surface area contributed by atoms with E-state index >= 15 is 0 Å². The molecule has 1 aromatic rings. The van der Waals surface area contributed by atoms with Crippen molar-refractivity contribution in [3.8, 4) is 0 Å². The molecule has 0 aromatic heterocycles. The number of hydrogen-bond acceptors (Lipinski definition) is 2. The van der Waals surface area contributed by atoms with E-state index in [4.69, 9.17) is 5.11 Å². The van der Waals surface area contributed by atoms with Crippen molar-refractivity contribution in [2.45, 2.75) is 19.3 Å². The molecule has 0 bridgehead atoms. The molecule has 0 spiro atoms. The van der Waals surface area contributed by atoms with Gasteiger partial charge in [0.2, 0.25) is 0 Å². The number of aryl methyl sites for hydroxylation is 1. The molecular weight excluding hydrogens is 281 g/mol. The Hall–Kier alpha value is -0.190. The molecule has 4 heteroatoms. The molecule has 0 heterocycles. The molecule has 1 rings (SSSR count). The molecule has 0 atom stereocenters. The molecular formula is C12H20N2NbO-2. The van der Waals surface area contributed by atoms with Gasteiger partial charge in [0.1, 0.15) is 0 Å². The summed E-state index contributed by atoms with van der Waals surface area (Å²) < 4.78 is 3.82. The van der Waals surface area contributed by atoms with E-state index in [1.54, 1.807) is 0 Å². The fourth-order valence-corrected chi connectivity index (χ4v) is 1.51. The molecule has 91 valence electrons. The Morgan fingerprint density at radius 1 is 1.50 bits per heavy atom. The Bertz CT molecular complexity index is 237. The summed E-state index contributed by atoms with van der Waals surface area (Å²) in [5.74, 6) is 0. The first-order chi connectivity index (χ1) is 7.85. The number of aliphatic hydroxyl groups is 1. The average Bonchev–Trinajstić information content (AvgIpc) is 2.81. The molecule has 1 aromatic carbocycles. The van der Waals surface area contributed by atoms with Crippen LogP contribution in [0.4, 0.5) is 0 Å². The van der Waals surface area contributed by atoms with E-state index in [9.17, 15) is 0 Å². The number of rotatable bonds is 7. The van der Waals surface area contributed by atoms with E-state index < -0.39 is 0 Å². The van der Waals surface area contributed by atoms with E-state index in [0.29, 0.717) is 0 Å². The zero-order valence-electron chi connectivity index (χ0n) is 9.84. The van der Waals surface area contributed by atoms with Crippen LogP contribution in [-0.4, -0.2) is 31.9 Å². The van der Waals surface area contributed by atoms with Crippen LogP contribution in [0.2, 0.25) is 0 Å². The minimum absolute atomic E-state index is 0.269. The third-order valence-corrected chi connectivity index (χ3v) is 2.49. The van der Waals surface area contributed by atoms with Gasteiger partial charge in [0.05, 0.1) is 0 Å². The summed E-state index contributed by atoms with van der Waals surface area (Å²) in [4.78, 5) is 0. The molecule has 0 aliphatic rings. The second-order valence-electron chi connectivity index (χ2n) is 3.38. The normalized spacial score (nSPS) is 9.31. The standard InChI is InChI=1S/C9H13N.C3H7NO.Nb/c1-10-8-4-7-9-5-2-3-6-9;4-2-1-3-5;/h2-3,5-6H,4,7-8H2,1H3;5H,1-3H2;/q-2;;. The number of aliphatic hydroxyl groups excluding tert-OH is 1. The Labute approximate surface area is 110 Å². The number of hydrogen-bond donors (Lipinski definition) is 1. The zero-order chi connectivity index (χ0) is 12.1. The second-order valence-corrected chi connectivity index (χ2v) is 4.07. The molecule has 3 nitrogen and oxygen atoms in total. The number of nitrogens with zero attached hydrogens (tertiary/aromatic N) is 2. The SMILES string of the molecule is C[N-]CCCc1ccc[cH-]1.OCCC[N]=[Nb]. The molecule has 0 radical (unpaired) electrons. The fourth-order valence-electron chi connectivity index (χ4n) is 1.16. The van der Waals surface area contributed by atoms with Crippen LogP contribution in [0.5, 0.6) is 0 Å². The molecule has 0 saturated heterocycles. The molecule has 0 aliphatic heterocycles. The second kappa shape index (κ2) is 12.9. The van der Waals surface area contributed by atoms with Crippen molar-refractivity contribution in [3.63, 3.8) is 0 Å². The fraction of sp³-hybridized carbons (Fsp3) is 0.583. The molecule has 0 saturated carbocycles. The molecule has 0 aliphatic carbocycles. The third-order valence-electron chi connectivity index (χ3n) is 2.00. The summed E-state index contributed by atoms with van der Waals surface area (Å²) in [6.45, 7) is 2.07. The molecule has 0 fully saturated rings. The average molecular weight is 301 g/mol. The van der Waals surface area contributed by atoms with Crippen molar-refractivity contribution in [3.05, 3.63) is 35.1 Å². The van der Waals surface area contributed by atoms with Gasteiger partial charge >= 0.3 is 48.9 Å². The van der Waals surface area contributed by atoms with Gasteiger partial charge in [-0.05, 0) is 0 Å². The van der Waals surface area contributed by atoms with E-state index in [2.05, 4.69) is 32.9 Å². The van der Waals surface area contributed by atoms with E-state index in [-0.39, 0.29) is 6.61 Å². The molecule has 16 heavy (non-hydrogen) atoms. The zero-order valence-corrected chi connectivity index (χ0v) is 12.0. The summed E-state index contributed by atoms with van der Waals surface area (Å²) >= 11 is 1.45. The first-order valence-corrected chi connectivity index (χ1v) is 6.51. The first-order valence-electron chi connectivity index (χ1n) is 5.53. The van der Waals surface area contributed by atoms with Crippen molar-refractivity contribution in [1.82, 2.24) is 0 Å². The quantitative estimate of drug-likeness (QED) is 0.469. The van der Waals surface area contributed by atoms with Crippen LogP contribution in [0.1, 0.15) is 18.4 Å². The predicted molar refractivity (Wildman–Crippen MR) is 63.5 cm³/mol. The maximum absolute atomic E-state index is 8.14. The van der Waals surface area contributed by atoms with Gasteiger partial charge in [-0.15, -0.1) is 6.54 Å². The summed E-state index contributed by atoms with van der Waals surface area (Å²) in [5.41, 5.74) is 1.43. The summed E-state index contributed by atoms with van der Waals surface area (Å²) in [5, 5.41) is 12.2. The van der Waals surface area contributed by atoms with Gasteiger partial charge in [-0.1, -0.05) is 12.8 Å². The first kappa shape index (κ1) is 15.8. The van der Waals surface area contributed by atoms with Crippen LogP contribution in [0.3, 0.4) is 0 Å². The molecule has 1 N–H and O–H groups in total. The van der Waals surface area contributed by atoms with E-state index in [1.807, 2.05) is 7.05 Å². The Morgan fingerprint density at radius 3 is 2.75 bits per heavy atom. The Morgan fingerprint density at radius 2 is 2.31 bits per heavy atom. The van der Waals surface area contributed by atoms with Gasteiger partial charge in [0.25, 0.3) is 0 Å². The predicted octanol–water partition coefficient (Wildman–Crippen LogP) is 2.44. The van der Waals surface area contributed by atoms with Crippen LogP contribution in [0.15, 0.2) is 27.6 Å². The van der Waals surface area contributed by atoms with Crippen LogP contribution in [-0.2, 0) is 27.3 Å². The van der Waals surface area contributed by atoms with Crippen molar-refractivity contribution in [1.29, 1.82) is 0 Å². The van der Waals surface area contributed by atoms with Gasteiger partial charge in [0.15, 0.2) is 0 Å². The topological polar surface area (TPSA) is 46.7 Å². The van der Waals surface area contributed by atoms with Gasteiger partial charge < -0.3 is 5.32 Å². The molecule has 0 amide bonds. The van der Waals surface area contributed by atoms with E-state index in [0.717, 1.165) is 19.5 Å². The van der Waals surface area contributed by atoms with E-state index in [1.165, 1.54) is 39.3 Å². The van der Waals surface area contributed by atoms with Crippen molar-refractivity contribution in [2.24, 2.45) is 3.34 Å². The third kappa shape index (κ3) is 10.3. The van der Waals surface area contributed by atoms with Crippen LogP contribution in [0.25, 0.3) is 5.32 Å². The van der Waals surface area contributed by atoms with Crippen LogP contribution >= 0.6 is 0 Å². The van der Waals surface area contributed by atoms with Gasteiger partial charge in [-0.2, -0.15) is 24.7 Å². The minimum atomic E-state index is 0.269. The van der Waals surface area contributed by atoms with Gasteiger partial charge in [0, 0.05) is 0 Å². The maximum atomic E-state index is 8.14. The van der Waals surface area contributed by atoms with Crippen LogP contribution in [0, 0.1) is 0 Å². The van der Waals surface area contributed by atoms with Gasteiger partial charge in [-0.25, -0.2) is 12.1 Å². The summed E-state index contributed by atoms with van der Waals surface area (Å²) in [6.07, 6.45) is 3.17. The van der Waals surface area contributed by atoms with Crippen molar-refractivity contribution >= 4 is 0 Å². The summed E-state index contributed by atoms with van der Waals surface area (Å²) in [6, 6.07) is 8.49.